The minimum Gasteiger partial charge on any atom is -0.461 e. The molecule has 1 heterocycles. The van der Waals surface area contributed by atoms with Crippen molar-refractivity contribution in [3.8, 4) is 0 Å². The van der Waals surface area contributed by atoms with Gasteiger partial charge in [0.15, 0.2) is 5.60 Å². The van der Waals surface area contributed by atoms with Crippen molar-refractivity contribution in [1.29, 1.82) is 0 Å². The van der Waals surface area contributed by atoms with Gasteiger partial charge in [0.25, 0.3) is 0 Å². The van der Waals surface area contributed by atoms with E-state index in [1.54, 1.807) is 0 Å². The molecule has 0 radical (unpaired) electrons. The fraction of sp³-hybridized carbons (Fsp3) is 0.800. The number of cyclic esters (lactones) is 1. The normalized spacial score (nSPS) is 44.4. The van der Waals surface area contributed by atoms with E-state index < -0.39 is 24.6 Å². The summed E-state index contributed by atoms with van der Waals surface area (Å²) >= 11 is 0. The highest BCUT2D eigenvalue weighted by molar-refractivity contribution is 5.81. The van der Waals surface area contributed by atoms with Gasteiger partial charge in [0.2, 0.25) is 0 Å². The Morgan fingerprint density at radius 1 is 2.11 bits per heavy atom. The van der Waals surface area contributed by atoms with Crippen LogP contribution in [0.4, 0.5) is 0 Å². The summed E-state index contributed by atoms with van der Waals surface area (Å²) in [4.78, 5) is 10.6. The van der Waals surface area contributed by atoms with Crippen molar-refractivity contribution in [2.75, 3.05) is 6.61 Å². The predicted octanol–water partition coefficient (Wildman–Crippen LogP) is -1.34. The summed E-state index contributed by atoms with van der Waals surface area (Å²) in [5.74, 6) is -0.907. The highest BCUT2D eigenvalue weighted by Crippen LogP contribution is 2.18. The van der Waals surface area contributed by atoms with E-state index in [9.17, 15) is 4.79 Å². The summed E-state index contributed by atoms with van der Waals surface area (Å²) in [5.41, 5.74) is -1.99. The van der Waals surface area contributed by atoms with E-state index in [-0.39, 0.29) is 6.61 Å². The van der Waals surface area contributed by atoms with Crippen molar-refractivity contribution in [2.45, 2.75) is 18.6 Å². The van der Waals surface area contributed by atoms with Gasteiger partial charge < -0.3 is 14.9 Å². The Morgan fingerprint density at radius 3 is 3.00 bits per heavy atom. The molecule has 2 atom stereocenters. The summed E-state index contributed by atoms with van der Waals surface area (Å²) in [6.45, 7) is -0.777. The van der Waals surface area contributed by atoms with Gasteiger partial charge >= 0.3 is 5.97 Å². The van der Waals surface area contributed by atoms with Crippen LogP contribution in [0.2, 0.25) is 0 Å². The maximum absolute atomic E-state index is 10.6. The summed E-state index contributed by atoms with van der Waals surface area (Å²) < 4.78 is 11.1. The van der Waals surface area contributed by atoms with Gasteiger partial charge in [0.05, 0.1) is 0 Å². The third kappa shape index (κ3) is 0.799. The van der Waals surface area contributed by atoms with E-state index >= 15 is 0 Å². The molecule has 0 amide bonds. The van der Waals surface area contributed by atoms with Gasteiger partial charge in [-0.15, -0.1) is 0 Å². The number of hydrogen-bond donors (Lipinski definition) is 2. The van der Waals surface area contributed by atoms with Gasteiger partial charge in [-0.05, 0) is 6.90 Å². The van der Waals surface area contributed by atoms with Crippen molar-refractivity contribution in [1.82, 2.24) is 0 Å². The topological polar surface area (TPSA) is 66.8 Å². The van der Waals surface area contributed by atoms with Gasteiger partial charge in [-0.2, -0.15) is 0 Å². The number of ether oxygens (including phenoxy) is 1. The van der Waals surface area contributed by atoms with Crippen LogP contribution >= 0.6 is 0 Å². The van der Waals surface area contributed by atoms with Crippen LogP contribution in [0, 0.1) is 0 Å². The smallest absolute Gasteiger partial charge is 0.340 e. The molecular weight excluding hydrogens is 124 g/mol. The lowest BCUT2D eigenvalue weighted by molar-refractivity contribution is -0.153. The first-order valence-corrected chi connectivity index (χ1v) is 2.48. The van der Waals surface area contributed by atoms with E-state index in [2.05, 4.69) is 4.74 Å². The maximum Gasteiger partial charge on any atom is 0.340 e. The molecule has 9 heavy (non-hydrogen) atoms. The third-order valence-electron chi connectivity index (χ3n) is 1.28. The van der Waals surface area contributed by atoms with Crippen LogP contribution < -0.4 is 0 Å². The summed E-state index contributed by atoms with van der Waals surface area (Å²) in [6, 6.07) is 0. The van der Waals surface area contributed by atoms with Crippen molar-refractivity contribution >= 4 is 5.97 Å². The van der Waals surface area contributed by atoms with Gasteiger partial charge in [-0.1, -0.05) is 0 Å². The summed E-state index contributed by atoms with van der Waals surface area (Å²) in [7, 11) is 0. The number of carbonyl (C=O) groups excluding carboxylic acids is 1. The van der Waals surface area contributed by atoms with Gasteiger partial charge in [-0.3, -0.25) is 0 Å². The Hall–Kier alpha value is -0.610. The maximum atomic E-state index is 10.6. The number of esters is 1. The van der Waals surface area contributed by atoms with E-state index in [0.717, 1.165) is 0 Å². The SMILES string of the molecule is [2H]C[C@]1(O)C(=O)OC[C@H]1O. The largest absolute Gasteiger partial charge is 0.461 e. The van der Waals surface area contributed by atoms with Gasteiger partial charge in [0.1, 0.15) is 12.7 Å². The number of aliphatic hydroxyl groups is 2. The fourth-order valence-corrected chi connectivity index (χ4v) is 0.553. The second-order valence-electron chi connectivity index (χ2n) is 2.04. The average Bonchev–Trinajstić information content (AvgIpc) is 2.18. The number of aliphatic hydroxyl groups excluding tert-OH is 1. The second kappa shape index (κ2) is 1.68. The molecule has 4 heteroatoms. The predicted molar refractivity (Wildman–Crippen MR) is 27.6 cm³/mol. The lowest BCUT2D eigenvalue weighted by Gasteiger charge is -2.13. The molecule has 1 fully saturated rings. The molecule has 0 aromatic heterocycles. The van der Waals surface area contributed by atoms with Crippen LogP contribution in [0.5, 0.6) is 0 Å². The fourth-order valence-electron chi connectivity index (χ4n) is 0.553. The van der Waals surface area contributed by atoms with E-state index in [1.165, 1.54) is 0 Å². The van der Waals surface area contributed by atoms with Crippen LogP contribution in [0.15, 0.2) is 0 Å². The molecule has 0 aromatic rings. The first kappa shape index (κ1) is 5.20. The minimum atomic E-state index is -1.99. The third-order valence-corrected chi connectivity index (χ3v) is 1.28. The zero-order chi connectivity index (χ0) is 7.78. The lowest BCUT2D eigenvalue weighted by atomic mass is 10.0. The Kier molecular flexibility index (Phi) is 0.972. The highest BCUT2D eigenvalue weighted by atomic mass is 16.6. The number of rotatable bonds is 0. The second-order valence-corrected chi connectivity index (χ2v) is 2.04. The van der Waals surface area contributed by atoms with Gasteiger partial charge in [0, 0.05) is 1.37 Å². The lowest BCUT2D eigenvalue weighted by Crippen LogP contribution is -2.40. The molecule has 0 bridgehead atoms. The number of carbonyl (C=O) groups is 1. The van der Waals surface area contributed by atoms with Crippen molar-refractivity contribution in [3.05, 3.63) is 0 Å². The molecule has 2 N–H and O–H groups in total. The molecule has 1 aliphatic rings. The van der Waals surface area contributed by atoms with Crippen molar-refractivity contribution in [3.63, 3.8) is 0 Å². The first-order chi connectivity index (χ1) is 4.61. The zero-order valence-electron chi connectivity index (χ0n) is 5.70. The Morgan fingerprint density at radius 2 is 2.78 bits per heavy atom. The molecule has 4 nitrogen and oxygen atoms in total. The molecule has 0 spiro atoms. The van der Waals surface area contributed by atoms with Crippen LogP contribution in [-0.2, 0) is 9.53 Å². The molecule has 52 valence electrons. The first-order valence-electron chi connectivity index (χ1n) is 3.19. The summed E-state index contributed by atoms with van der Waals surface area (Å²) in [6.07, 6.45) is -1.25. The minimum absolute atomic E-state index is 0.214. The molecule has 0 unspecified atom stereocenters. The molecule has 1 aliphatic heterocycles. The Bertz CT molecular complexity index is 160. The van der Waals surface area contributed by atoms with Crippen molar-refractivity contribution < 1.29 is 21.1 Å². The van der Waals surface area contributed by atoms with Crippen LogP contribution in [0.25, 0.3) is 0 Å². The van der Waals surface area contributed by atoms with Gasteiger partial charge in [-0.25, -0.2) is 4.79 Å². The highest BCUT2D eigenvalue weighted by Gasteiger charge is 2.46. The van der Waals surface area contributed by atoms with E-state index in [4.69, 9.17) is 11.6 Å². The summed E-state index contributed by atoms with van der Waals surface area (Å²) in [5, 5.41) is 18.0. The monoisotopic (exact) mass is 133 g/mol. The quantitative estimate of drug-likeness (QED) is 0.401. The van der Waals surface area contributed by atoms with Crippen molar-refractivity contribution in [2.24, 2.45) is 0 Å². The Labute approximate surface area is 53.5 Å². The van der Waals surface area contributed by atoms with E-state index in [0.29, 0.717) is 0 Å². The molecular formula is C5H8O4. The molecule has 1 rings (SSSR count). The van der Waals surface area contributed by atoms with E-state index in [1.807, 2.05) is 0 Å². The van der Waals surface area contributed by atoms with Crippen LogP contribution in [-0.4, -0.2) is 34.5 Å². The van der Waals surface area contributed by atoms with Crippen LogP contribution in [0.3, 0.4) is 0 Å². The molecule has 1 saturated heterocycles. The average molecular weight is 133 g/mol. The zero-order valence-corrected chi connectivity index (χ0v) is 4.70. The van der Waals surface area contributed by atoms with Crippen LogP contribution in [0.1, 0.15) is 8.27 Å². The standard InChI is InChI=1S/C5H8O4/c1-5(8)3(6)2-9-4(5)7/h3,6,8H,2H2,1H3/t3-,5-/m1/s1/i1D. The molecule has 0 saturated carbocycles. The molecule has 0 aromatic carbocycles. The Balaban J connectivity index is 2.80. The molecule has 0 aliphatic carbocycles. The number of hydrogen-bond acceptors (Lipinski definition) is 4.